The predicted molar refractivity (Wildman–Crippen MR) is 68.1 cm³/mol. The third-order valence-corrected chi connectivity index (χ3v) is 2.83. The summed E-state index contributed by atoms with van der Waals surface area (Å²) in [5, 5.41) is 3.11. The monoisotopic (exact) mass is 314 g/mol. The van der Waals surface area contributed by atoms with Crippen LogP contribution < -0.4 is 10.1 Å². The van der Waals surface area contributed by atoms with Crippen molar-refractivity contribution in [2.24, 2.45) is 0 Å². The molecule has 0 fully saturated rings. The van der Waals surface area contributed by atoms with E-state index in [1.165, 1.54) is 18.4 Å². The lowest BCUT2D eigenvalue weighted by molar-refractivity contribution is 0.328. The van der Waals surface area contributed by atoms with Gasteiger partial charge < -0.3 is 14.5 Å². The molecule has 96 valence electrons. The number of nitrogens with one attached hydrogen (secondary N) is 1. The molecule has 2 rings (SSSR count). The molecule has 0 spiro atoms. The van der Waals surface area contributed by atoms with Gasteiger partial charge >= 0.3 is 6.08 Å². The third kappa shape index (κ3) is 3.30. The van der Waals surface area contributed by atoms with Crippen LogP contribution in [0.3, 0.4) is 0 Å². The highest BCUT2D eigenvalue weighted by atomic mass is 79.9. The zero-order valence-corrected chi connectivity index (χ0v) is 11.3. The quantitative estimate of drug-likeness (QED) is 0.918. The minimum absolute atomic E-state index is 0.0919. The maximum atomic E-state index is 13.1. The summed E-state index contributed by atoms with van der Waals surface area (Å²) in [6.45, 7) is 3.45. The molecule has 1 aromatic heterocycles. The molecule has 6 heteroatoms. The van der Waals surface area contributed by atoms with Gasteiger partial charge in [-0.15, -0.1) is 0 Å². The van der Waals surface area contributed by atoms with Crippen molar-refractivity contribution in [1.82, 2.24) is 10.3 Å². The van der Waals surface area contributed by atoms with Crippen LogP contribution in [0, 0.1) is 5.82 Å². The maximum absolute atomic E-state index is 13.1. The van der Waals surface area contributed by atoms with Crippen LogP contribution in [0.25, 0.3) is 0 Å². The van der Waals surface area contributed by atoms with Gasteiger partial charge in [0, 0.05) is 12.6 Å². The standard InChI is InChI=1S/C12H12BrFN2O2/c1-2-15-6-9-7-17-12(16-9)18-11-5-8(14)3-4-10(11)13/h3-5,7,15H,2,6H2,1H3. The van der Waals surface area contributed by atoms with E-state index >= 15 is 0 Å². The fraction of sp³-hybridized carbons (Fsp3) is 0.250. The van der Waals surface area contributed by atoms with Gasteiger partial charge in [0.1, 0.15) is 17.8 Å². The van der Waals surface area contributed by atoms with E-state index < -0.39 is 0 Å². The van der Waals surface area contributed by atoms with Crippen LogP contribution in [-0.4, -0.2) is 11.5 Å². The van der Waals surface area contributed by atoms with E-state index in [2.05, 4.69) is 26.2 Å². The highest BCUT2D eigenvalue weighted by Gasteiger charge is 2.09. The molecule has 0 bridgehead atoms. The van der Waals surface area contributed by atoms with Crippen molar-refractivity contribution in [3.63, 3.8) is 0 Å². The average molecular weight is 315 g/mol. The minimum atomic E-state index is -0.382. The Labute approximate surface area is 112 Å². The summed E-state index contributed by atoms with van der Waals surface area (Å²) in [5.41, 5.74) is 0.736. The Kier molecular flexibility index (Phi) is 4.33. The van der Waals surface area contributed by atoms with Gasteiger partial charge in [-0.1, -0.05) is 6.92 Å². The SMILES string of the molecule is CCNCc1coc(Oc2cc(F)ccc2Br)n1. The lowest BCUT2D eigenvalue weighted by Gasteiger charge is -2.02. The van der Waals surface area contributed by atoms with Gasteiger partial charge in [-0.3, -0.25) is 0 Å². The van der Waals surface area contributed by atoms with E-state index in [1.807, 2.05) is 6.92 Å². The topological polar surface area (TPSA) is 47.3 Å². The number of aromatic nitrogens is 1. The van der Waals surface area contributed by atoms with Crippen LogP contribution in [0.4, 0.5) is 4.39 Å². The van der Waals surface area contributed by atoms with Crippen LogP contribution in [-0.2, 0) is 6.54 Å². The highest BCUT2D eigenvalue weighted by molar-refractivity contribution is 9.10. The van der Waals surface area contributed by atoms with E-state index in [-0.39, 0.29) is 11.9 Å². The number of nitrogens with zero attached hydrogens (tertiary/aromatic N) is 1. The van der Waals surface area contributed by atoms with E-state index in [0.717, 1.165) is 12.2 Å². The fourth-order valence-electron chi connectivity index (χ4n) is 1.32. The normalized spacial score (nSPS) is 10.6. The van der Waals surface area contributed by atoms with Gasteiger partial charge in [-0.25, -0.2) is 4.39 Å². The summed E-state index contributed by atoms with van der Waals surface area (Å²) in [5.74, 6) is -0.0560. The largest absolute Gasteiger partial charge is 0.417 e. The Morgan fingerprint density at radius 3 is 3.11 bits per heavy atom. The van der Waals surface area contributed by atoms with Crippen molar-refractivity contribution in [3.8, 4) is 11.8 Å². The second kappa shape index (κ2) is 5.97. The first-order valence-corrected chi connectivity index (χ1v) is 6.26. The molecule has 0 aliphatic rings. The van der Waals surface area contributed by atoms with Crippen LogP contribution in [0.15, 0.2) is 33.4 Å². The average Bonchev–Trinajstić information content (AvgIpc) is 2.79. The summed E-state index contributed by atoms with van der Waals surface area (Å²) in [4.78, 5) is 4.12. The summed E-state index contributed by atoms with van der Waals surface area (Å²) in [6, 6.07) is 4.16. The summed E-state index contributed by atoms with van der Waals surface area (Å²) in [6.07, 6.45) is 1.60. The molecule has 4 nitrogen and oxygen atoms in total. The Hall–Kier alpha value is -1.40. The molecular formula is C12H12BrFN2O2. The van der Waals surface area contributed by atoms with Gasteiger partial charge in [-0.2, -0.15) is 4.98 Å². The van der Waals surface area contributed by atoms with Gasteiger partial charge in [0.25, 0.3) is 0 Å². The Morgan fingerprint density at radius 1 is 1.50 bits per heavy atom. The third-order valence-electron chi connectivity index (χ3n) is 2.18. The molecular weight excluding hydrogens is 303 g/mol. The molecule has 0 radical (unpaired) electrons. The number of halogens is 2. The molecule has 0 saturated carbocycles. The van der Waals surface area contributed by atoms with Crippen molar-refractivity contribution in [2.75, 3.05) is 6.54 Å². The molecule has 1 aromatic carbocycles. The molecule has 0 aliphatic carbocycles. The maximum Gasteiger partial charge on any atom is 0.399 e. The molecule has 0 atom stereocenters. The first-order chi connectivity index (χ1) is 8.69. The van der Waals surface area contributed by atoms with E-state index in [0.29, 0.717) is 16.8 Å². The van der Waals surface area contributed by atoms with Crippen molar-refractivity contribution < 1.29 is 13.5 Å². The lowest BCUT2D eigenvalue weighted by atomic mass is 10.3. The number of benzene rings is 1. The van der Waals surface area contributed by atoms with Crippen molar-refractivity contribution in [1.29, 1.82) is 0 Å². The molecule has 0 unspecified atom stereocenters. The Balaban J connectivity index is 2.08. The first kappa shape index (κ1) is 13.0. The smallest absolute Gasteiger partial charge is 0.399 e. The number of hydrogen-bond donors (Lipinski definition) is 1. The zero-order chi connectivity index (χ0) is 13.0. The molecule has 1 N–H and O–H groups in total. The van der Waals surface area contributed by atoms with Crippen LogP contribution in [0.5, 0.6) is 11.8 Å². The molecule has 2 aromatic rings. The lowest BCUT2D eigenvalue weighted by Crippen LogP contribution is -2.11. The number of rotatable bonds is 5. The Bertz CT molecular complexity index is 531. The van der Waals surface area contributed by atoms with Gasteiger partial charge in [0.05, 0.1) is 10.2 Å². The predicted octanol–water partition coefficient (Wildman–Crippen LogP) is 3.48. The van der Waals surface area contributed by atoms with Crippen molar-refractivity contribution in [2.45, 2.75) is 13.5 Å². The fourth-order valence-corrected chi connectivity index (χ4v) is 1.65. The summed E-state index contributed by atoms with van der Waals surface area (Å²) < 4.78 is 24.2. The number of hydrogen-bond acceptors (Lipinski definition) is 4. The van der Waals surface area contributed by atoms with Crippen molar-refractivity contribution in [3.05, 3.63) is 40.4 Å². The second-order valence-electron chi connectivity index (χ2n) is 3.56. The van der Waals surface area contributed by atoms with Gasteiger partial charge in [0.15, 0.2) is 0 Å². The van der Waals surface area contributed by atoms with Crippen LogP contribution >= 0.6 is 15.9 Å². The number of oxazole rings is 1. The van der Waals surface area contributed by atoms with Crippen molar-refractivity contribution >= 4 is 15.9 Å². The number of ether oxygens (including phenoxy) is 1. The van der Waals surface area contributed by atoms with E-state index in [4.69, 9.17) is 9.15 Å². The molecule has 0 saturated heterocycles. The first-order valence-electron chi connectivity index (χ1n) is 5.47. The summed E-state index contributed by atoms with van der Waals surface area (Å²) in [7, 11) is 0. The minimum Gasteiger partial charge on any atom is -0.417 e. The highest BCUT2D eigenvalue weighted by Crippen LogP contribution is 2.29. The summed E-state index contributed by atoms with van der Waals surface area (Å²) >= 11 is 3.26. The Morgan fingerprint density at radius 2 is 2.33 bits per heavy atom. The van der Waals surface area contributed by atoms with Gasteiger partial charge in [-0.05, 0) is 34.6 Å². The van der Waals surface area contributed by atoms with E-state index in [1.54, 1.807) is 6.07 Å². The molecule has 18 heavy (non-hydrogen) atoms. The van der Waals surface area contributed by atoms with Crippen LogP contribution in [0.2, 0.25) is 0 Å². The molecule has 0 amide bonds. The second-order valence-corrected chi connectivity index (χ2v) is 4.42. The van der Waals surface area contributed by atoms with Gasteiger partial charge in [0.2, 0.25) is 0 Å². The zero-order valence-electron chi connectivity index (χ0n) is 9.74. The van der Waals surface area contributed by atoms with E-state index in [9.17, 15) is 4.39 Å². The van der Waals surface area contributed by atoms with Crippen LogP contribution in [0.1, 0.15) is 12.6 Å². The molecule has 0 aliphatic heterocycles. The molecule has 1 heterocycles.